The molecule has 1 aromatic carbocycles. The van der Waals surface area contributed by atoms with Crippen LogP contribution in [0.15, 0.2) is 42.5 Å². The van der Waals surface area contributed by atoms with Crippen molar-refractivity contribution in [2.45, 2.75) is 18.4 Å². The topological polar surface area (TPSA) is 0 Å². The first kappa shape index (κ1) is 10.2. The summed E-state index contributed by atoms with van der Waals surface area (Å²) in [5, 5.41) is 0.413. The number of alkyl halides is 2. The highest BCUT2D eigenvalue weighted by Crippen LogP contribution is 2.85. The highest BCUT2D eigenvalue weighted by Gasteiger charge is 2.82. The fraction of sp³-hybridized carbons (Fsp3) is 0.333. The quantitative estimate of drug-likeness (QED) is 0.431. The summed E-state index contributed by atoms with van der Waals surface area (Å²) >= 11 is 16.6. The van der Waals surface area contributed by atoms with Gasteiger partial charge in [0, 0.05) is 0 Å². The van der Waals surface area contributed by atoms with Gasteiger partial charge in [0.15, 0.2) is 0 Å². The molecule has 2 aliphatic heterocycles. The maximum Gasteiger partial charge on any atom is 0.139 e. The van der Waals surface area contributed by atoms with Gasteiger partial charge >= 0.3 is 0 Å². The zero-order valence-electron chi connectivity index (χ0n) is 8.19. The van der Waals surface area contributed by atoms with Crippen LogP contribution < -0.4 is 0 Å². The SMILES string of the molecule is ClC12C=CC3(c4ccccc4)SC3C1(Cl)S2. The van der Waals surface area contributed by atoms with E-state index in [1.54, 1.807) is 11.8 Å². The number of halogens is 2. The van der Waals surface area contributed by atoms with Crippen molar-refractivity contribution < 1.29 is 0 Å². The molecule has 0 nitrogen and oxygen atoms in total. The number of thioether (sulfide) groups is 2. The largest absolute Gasteiger partial charge is 0.139 e. The molecular formula is C12H8Cl2S2. The van der Waals surface area contributed by atoms with Gasteiger partial charge in [0.1, 0.15) is 8.41 Å². The minimum Gasteiger partial charge on any atom is -0.136 e. The summed E-state index contributed by atoms with van der Waals surface area (Å²) in [5.74, 6) is 0. The average molecular weight is 287 g/mol. The monoisotopic (exact) mass is 286 g/mol. The van der Waals surface area contributed by atoms with E-state index in [9.17, 15) is 0 Å². The number of hydrogen-bond acceptors (Lipinski definition) is 2. The Hall–Kier alpha value is 0.240. The fourth-order valence-electron chi connectivity index (χ4n) is 2.46. The number of rotatable bonds is 1. The van der Waals surface area contributed by atoms with E-state index in [0.29, 0.717) is 5.25 Å². The van der Waals surface area contributed by atoms with E-state index < -0.39 is 0 Å². The molecule has 2 fully saturated rings. The molecule has 0 aromatic heterocycles. The van der Waals surface area contributed by atoms with Gasteiger partial charge in [0.05, 0.1) is 10.00 Å². The molecule has 4 unspecified atom stereocenters. The molecule has 1 aromatic rings. The molecule has 0 saturated carbocycles. The van der Waals surface area contributed by atoms with E-state index >= 15 is 0 Å². The molecule has 0 N–H and O–H groups in total. The Morgan fingerprint density at radius 3 is 2.56 bits per heavy atom. The third kappa shape index (κ3) is 1.03. The summed E-state index contributed by atoms with van der Waals surface area (Å²) in [5.41, 5.74) is 1.34. The molecule has 0 amide bonds. The van der Waals surface area contributed by atoms with Crippen molar-refractivity contribution in [3.8, 4) is 0 Å². The zero-order chi connectivity index (χ0) is 11.0. The van der Waals surface area contributed by atoms with Gasteiger partial charge in [-0.15, -0.1) is 35.1 Å². The molecule has 4 rings (SSSR count). The third-order valence-electron chi connectivity index (χ3n) is 3.47. The van der Waals surface area contributed by atoms with Crippen LogP contribution in [0.3, 0.4) is 0 Å². The standard InChI is InChI=1S/C12H8Cl2S2/c13-11-7-6-10(8-4-2-1-3-5-8)9(15-10)12(11,14)16-11/h1-7,9H. The first-order valence-corrected chi connectivity index (χ1v) is 7.58. The summed E-state index contributed by atoms with van der Waals surface area (Å²) in [6.07, 6.45) is 4.32. The van der Waals surface area contributed by atoms with E-state index in [4.69, 9.17) is 23.2 Å². The molecule has 3 aliphatic rings. The minimum absolute atomic E-state index is 0.0882. The van der Waals surface area contributed by atoms with Crippen molar-refractivity contribution in [1.82, 2.24) is 0 Å². The van der Waals surface area contributed by atoms with Crippen molar-refractivity contribution in [3.63, 3.8) is 0 Å². The van der Waals surface area contributed by atoms with Crippen LogP contribution in [-0.2, 0) is 4.75 Å². The maximum absolute atomic E-state index is 6.58. The van der Waals surface area contributed by atoms with Crippen molar-refractivity contribution in [2.75, 3.05) is 0 Å². The highest BCUT2D eigenvalue weighted by atomic mass is 35.5. The van der Waals surface area contributed by atoms with Gasteiger partial charge in [-0.25, -0.2) is 0 Å². The minimum atomic E-state index is -0.346. The van der Waals surface area contributed by atoms with Crippen molar-refractivity contribution in [3.05, 3.63) is 48.0 Å². The summed E-state index contributed by atoms with van der Waals surface area (Å²) in [6, 6.07) is 10.6. The van der Waals surface area contributed by atoms with Crippen LogP contribution in [0.4, 0.5) is 0 Å². The normalized spacial score (nSPS) is 51.8. The van der Waals surface area contributed by atoms with Crippen molar-refractivity contribution in [1.29, 1.82) is 0 Å². The van der Waals surface area contributed by atoms with Crippen LogP contribution in [0.1, 0.15) is 5.56 Å². The second-order valence-electron chi connectivity index (χ2n) is 4.38. The maximum atomic E-state index is 6.58. The predicted octanol–water partition coefficient (Wildman–Crippen LogP) is 4.18. The molecule has 2 saturated heterocycles. The zero-order valence-corrected chi connectivity index (χ0v) is 11.3. The lowest BCUT2D eigenvalue weighted by Gasteiger charge is -2.19. The predicted molar refractivity (Wildman–Crippen MR) is 73.4 cm³/mol. The van der Waals surface area contributed by atoms with Gasteiger partial charge in [0.25, 0.3) is 0 Å². The van der Waals surface area contributed by atoms with Gasteiger partial charge in [-0.1, -0.05) is 54.1 Å². The molecule has 0 radical (unpaired) electrons. The Bertz CT molecular complexity index is 503. The summed E-state index contributed by atoms with van der Waals surface area (Å²) in [4.78, 5) is 0. The van der Waals surface area contributed by atoms with Crippen LogP contribution in [0.25, 0.3) is 0 Å². The summed E-state index contributed by atoms with van der Waals surface area (Å²) in [7, 11) is 0. The average Bonchev–Trinajstić information content (AvgIpc) is 3.14. The molecule has 4 atom stereocenters. The van der Waals surface area contributed by atoms with Crippen LogP contribution >= 0.6 is 46.7 Å². The third-order valence-corrected chi connectivity index (χ3v) is 8.59. The fourth-order valence-corrected chi connectivity index (χ4v) is 6.88. The Morgan fingerprint density at radius 2 is 1.81 bits per heavy atom. The highest BCUT2D eigenvalue weighted by molar-refractivity contribution is 8.16. The second kappa shape index (κ2) is 2.80. The second-order valence-corrected chi connectivity index (χ2v) is 8.90. The molecular weight excluding hydrogens is 279 g/mol. The van der Waals surface area contributed by atoms with E-state index in [1.807, 2.05) is 17.8 Å². The Kier molecular flexibility index (Phi) is 1.78. The van der Waals surface area contributed by atoms with Gasteiger partial charge in [0.2, 0.25) is 0 Å². The lowest BCUT2D eigenvalue weighted by atomic mass is 9.89. The van der Waals surface area contributed by atoms with E-state index in [-0.39, 0.29) is 13.2 Å². The number of benzene rings is 1. The Labute approximate surface area is 113 Å². The van der Waals surface area contributed by atoms with E-state index in [2.05, 4.69) is 36.4 Å². The Balaban J connectivity index is 1.81. The van der Waals surface area contributed by atoms with Crippen LogP contribution in [0.2, 0.25) is 0 Å². The van der Waals surface area contributed by atoms with Crippen LogP contribution in [0, 0.1) is 0 Å². The molecule has 2 heterocycles. The first-order valence-electron chi connectivity index (χ1n) is 5.12. The lowest BCUT2D eigenvalue weighted by Crippen LogP contribution is -2.29. The van der Waals surface area contributed by atoms with Crippen molar-refractivity contribution in [2.24, 2.45) is 0 Å². The molecule has 4 heteroatoms. The molecule has 1 aliphatic carbocycles. The van der Waals surface area contributed by atoms with Gasteiger partial charge in [-0.05, 0) is 5.56 Å². The summed E-state index contributed by atoms with van der Waals surface area (Å²) < 4.78 is -0.546. The smallest absolute Gasteiger partial charge is 0.136 e. The van der Waals surface area contributed by atoms with E-state index in [1.165, 1.54) is 5.56 Å². The first-order chi connectivity index (χ1) is 7.61. The molecule has 16 heavy (non-hydrogen) atoms. The van der Waals surface area contributed by atoms with Gasteiger partial charge in [-0.2, -0.15) is 0 Å². The van der Waals surface area contributed by atoms with E-state index in [0.717, 1.165) is 0 Å². The van der Waals surface area contributed by atoms with Crippen molar-refractivity contribution >= 4 is 46.7 Å². The number of hydrogen-bond donors (Lipinski definition) is 0. The van der Waals surface area contributed by atoms with Gasteiger partial charge < -0.3 is 0 Å². The Morgan fingerprint density at radius 1 is 1.06 bits per heavy atom. The molecule has 0 spiro atoms. The molecule has 82 valence electrons. The van der Waals surface area contributed by atoms with Gasteiger partial charge in [-0.3, -0.25) is 0 Å². The molecule has 0 bridgehead atoms. The lowest BCUT2D eigenvalue weighted by molar-refractivity contribution is 0.720. The number of fused-ring (bicyclic) bond motifs is 3. The summed E-state index contributed by atoms with van der Waals surface area (Å²) in [6.45, 7) is 0. The van der Waals surface area contributed by atoms with Crippen LogP contribution in [0.5, 0.6) is 0 Å². The van der Waals surface area contributed by atoms with Crippen LogP contribution in [-0.4, -0.2) is 13.7 Å².